The zero-order valence-corrected chi connectivity index (χ0v) is 13.4. The van der Waals surface area contributed by atoms with Gasteiger partial charge in [-0.25, -0.2) is 4.79 Å². The van der Waals surface area contributed by atoms with E-state index in [2.05, 4.69) is 35.1 Å². The van der Waals surface area contributed by atoms with Crippen molar-refractivity contribution in [2.45, 2.75) is 45.6 Å². The number of hydrogen-bond donors (Lipinski definition) is 3. The molecule has 20 heavy (non-hydrogen) atoms. The summed E-state index contributed by atoms with van der Waals surface area (Å²) in [4.78, 5) is 13.2. The van der Waals surface area contributed by atoms with Crippen LogP contribution in [0, 0.1) is 5.92 Å². The Labute approximate surface area is 125 Å². The molecule has 1 heterocycles. The molecule has 0 aliphatic heterocycles. The second-order valence-corrected chi connectivity index (χ2v) is 6.64. The number of amides is 2. The van der Waals surface area contributed by atoms with Crippen molar-refractivity contribution in [3.8, 4) is 0 Å². The summed E-state index contributed by atoms with van der Waals surface area (Å²) in [5, 5.41) is 17.0. The van der Waals surface area contributed by atoms with Crippen molar-refractivity contribution < 1.29 is 9.90 Å². The van der Waals surface area contributed by atoms with Gasteiger partial charge in [0.15, 0.2) is 0 Å². The van der Waals surface area contributed by atoms with E-state index < -0.39 is 0 Å². The quantitative estimate of drug-likeness (QED) is 0.691. The van der Waals surface area contributed by atoms with Gasteiger partial charge in [-0.15, -0.1) is 11.3 Å². The molecule has 2 unspecified atom stereocenters. The second-order valence-electron chi connectivity index (χ2n) is 5.61. The van der Waals surface area contributed by atoms with Crippen LogP contribution in [0.4, 0.5) is 4.79 Å². The van der Waals surface area contributed by atoms with E-state index in [-0.39, 0.29) is 18.2 Å². The number of nitrogens with one attached hydrogen (secondary N) is 2. The maximum absolute atomic E-state index is 11.9. The molecule has 1 aromatic heterocycles. The first-order valence-electron chi connectivity index (χ1n) is 7.18. The molecule has 0 radical (unpaired) electrons. The van der Waals surface area contributed by atoms with Crippen LogP contribution in [0.15, 0.2) is 17.5 Å². The maximum Gasteiger partial charge on any atom is 0.315 e. The van der Waals surface area contributed by atoms with Crippen molar-refractivity contribution in [2.75, 3.05) is 13.2 Å². The number of rotatable bonds is 8. The van der Waals surface area contributed by atoms with Crippen molar-refractivity contribution in [3.63, 3.8) is 0 Å². The summed E-state index contributed by atoms with van der Waals surface area (Å²) < 4.78 is 0. The van der Waals surface area contributed by atoms with Crippen LogP contribution >= 0.6 is 11.3 Å². The van der Waals surface area contributed by atoms with Crippen LogP contribution in [0.3, 0.4) is 0 Å². The standard InChI is InChI=1S/C15H26N2O2S/c1-4-15(3,7-8-18)17-14(19)16-11-12(2)10-13-6-5-9-20-13/h5-6,9,12,18H,4,7-8,10-11H2,1-3H3,(H2,16,17,19). The number of thiophene rings is 1. The number of aliphatic hydroxyl groups is 1. The predicted molar refractivity (Wildman–Crippen MR) is 84.1 cm³/mol. The van der Waals surface area contributed by atoms with E-state index in [9.17, 15) is 4.79 Å². The molecule has 0 fully saturated rings. The molecule has 2 amide bonds. The number of carbonyl (C=O) groups excluding carboxylic acids is 1. The minimum Gasteiger partial charge on any atom is -0.396 e. The Hall–Kier alpha value is -1.07. The molecule has 0 saturated heterocycles. The maximum atomic E-state index is 11.9. The lowest BCUT2D eigenvalue weighted by atomic mass is 9.95. The lowest BCUT2D eigenvalue weighted by molar-refractivity contribution is 0.200. The molecule has 0 spiro atoms. The number of hydrogen-bond acceptors (Lipinski definition) is 3. The average molecular weight is 298 g/mol. The molecule has 4 nitrogen and oxygen atoms in total. The minimum atomic E-state index is -0.337. The van der Waals surface area contributed by atoms with Crippen molar-refractivity contribution in [3.05, 3.63) is 22.4 Å². The molecule has 3 N–H and O–H groups in total. The molecule has 1 rings (SSSR count). The topological polar surface area (TPSA) is 61.4 Å². The molecule has 0 saturated carbocycles. The summed E-state index contributed by atoms with van der Waals surface area (Å²) in [6, 6.07) is 4.02. The second kappa shape index (κ2) is 8.27. The van der Waals surface area contributed by atoms with Gasteiger partial charge in [-0.2, -0.15) is 0 Å². The molecule has 0 aliphatic rings. The largest absolute Gasteiger partial charge is 0.396 e. The highest BCUT2D eigenvalue weighted by Gasteiger charge is 2.23. The summed E-state index contributed by atoms with van der Waals surface area (Å²) in [7, 11) is 0. The highest BCUT2D eigenvalue weighted by molar-refractivity contribution is 7.09. The lowest BCUT2D eigenvalue weighted by Crippen LogP contribution is -2.51. The number of aliphatic hydroxyl groups excluding tert-OH is 1. The highest BCUT2D eigenvalue weighted by atomic mass is 32.1. The van der Waals surface area contributed by atoms with Crippen molar-refractivity contribution in [1.82, 2.24) is 10.6 Å². The third-order valence-corrected chi connectivity index (χ3v) is 4.50. The summed E-state index contributed by atoms with van der Waals surface area (Å²) in [6.07, 6.45) is 2.35. The molecule has 0 bridgehead atoms. The highest BCUT2D eigenvalue weighted by Crippen LogP contribution is 2.15. The van der Waals surface area contributed by atoms with Gasteiger partial charge in [-0.1, -0.05) is 19.9 Å². The van der Waals surface area contributed by atoms with E-state index in [1.807, 2.05) is 13.8 Å². The van der Waals surface area contributed by atoms with E-state index in [1.54, 1.807) is 11.3 Å². The Morgan fingerprint density at radius 3 is 2.85 bits per heavy atom. The van der Waals surface area contributed by atoms with Crippen molar-refractivity contribution in [1.29, 1.82) is 0 Å². The van der Waals surface area contributed by atoms with E-state index >= 15 is 0 Å². The lowest BCUT2D eigenvalue weighted by Gasteiger charge is -2.29. The van der Waals surface area contributed by atoms with Crippen molar-refractivity contribution in [2.24, 2.45) is 5.92 Å². The van der Waals surface area contributed by atoms with Crippen molar-refractivity contribution >= 4 is 17.4 Å². The van der Waals surface area contributed by atoms with Crippen LogP contribution in [0.1, 0.15) is 38.5 Å². The summed E-state index contributed by atoms with van der Waals surface area (Å²) in [5.74, 6) is 0.408. The molecule has 1 aromatic rings. The third kappa shape index (κ3) is 5.92. The number of carbonyl (C=O) groups is 1. The van der Waals surface area contributed by atoms with E-state index in [0.29, 0.717) is 18.9 Å². The first-order chi connectivity index (χ1) is 9.49. The van der Waals surface area contributed by atoms with Gasteiger partial charge < -0.3 is 15.7 Å². The predicted octanol–water partition coefficient (Wildman–Crippen LogP) is 2.78. The smallest absolute Gasteiger partial charge is 0.315 e. The first-order valence-corrected chi connectivity index (χ1v) is 8.06. The third-order valence-electron chi connectivity index (χ3n) is 3.60. The average Bonchev–Trinajstić information content (AvgIpc) is 2.89. The SMILES string of the molecule is CCC(C)(CCO)NC(=O)NCC(C)Cc1cccs1. The fraction of sp³-hybridized carbons (Fsp3) is 0.667. The van der Waals surface area contributed by atoms with Crippen LogP contribution in [0.2, 0.25) is 0 Å². The fourth-order valence-electron chi connectivity index (χ4n) is 2.00. The summed E-state index contributed by atoms with van der Waals surface area (Å²) in [6.45, 7) is 6.84. The molecule has 114 valence electrons. The van der Waals surface area contributed by atoms with E-state index in [0.717, 1.165) is 12.8 Å². The first kappa shape index (κ1) is 17.0. The Kier molecular flexibility index (Phi) is 7.02. The normalized spacial score (nSPS) is 15.4. The Balaban J connectivity index is 2.31. The summed E-state index contributed by atoms with van der Waals surface area (Å²) >= 11 is 1.75. The molecule has 2 atom stereocenters. The van der Waals surface area contributed by atoms with Crippen LogP contribution in [0.5, 0.6) is 0 Å². The van der Waals surface area contributed by atoms with Gasteiger partial charge in [0.2, 0.25) is 0 Å². The molecule has 0 aromatic carbocycles. The van der Waals surface area contributed by atoms with Crippen LogP contribution in [-0.2, 0) is 6.42 Å². The monoisotopic (exact) mass is 298 g/mol. The van der Waals surface area contributed by atoms with Gasteiger partial charge in [0.1, 0.15) is 0 Å². The van der Waals surface area contributed by atoms with E-state index in [1.165, 1.54) is 4.88 Å². The van der Waals surface area contributed by atoms with Crippen LogP contribution in [0.25, 0.3) is 0 Å². The zero-order chi connectivity index (χ0) is 15.0. The molecular weight excluding hydrogens is 272 g/mol. The molecular formula is C15H26N2O2S. The molecule has 0 aliphatic carbocycles. The van der Waals surface area contributed by atoms with Gasteiger partial charge in [0, 0.05) is 23.6 Å². The summed E-state index contributed by atoms with van der Waals surface area (Å²) in [5.41, 5.74) is -0.337. The Morgan fingerprint density at radius 1 is 1.55 bits per heavy atom. The Bertz CT molecular complexity index is 395. The van der Waals surface area contributed by atoms with Gasteiger partial charge in [-0.05, 0) is 43.6 Å². The van der Waals surface area contributed by atoms with Gasteiger partial charge in [0.05, 0.1) is 0 Å². The Morgan fingerprint density at radius 2 is 2.30 bits per heavy atom. The molecule has 5 heteroatoms. The minimum absolute atomic E-state index is 0.0827. The van der Waals surface area contributed by atoms with Gasteiger partial charge in [0.25, 0.3) is 0 Å². The van der Waals surface area contributed by atoms with Crippen LogP contribution in [-0.4, -0.2) is 29.8 Å². The van der Waals surface area contributed by atoms with Gasteiger partial charge in [-0.3, -0.25) is 0 Å². The van der Waals surface area contributed by atoms with E-state index in [4.69, 9.17) is 5.11 Å². The van der Waals surface area contributed by atoms with Crippen LogP contribution < -0.4 is 10.6 Å². The van der Waals surface area contributed by atoms with Gasteiger partial charge >= 0.3 is 6.03 Å². The fourth-order valence-corrected chi connectivity index (χ4v) is 2.87. The number of urea groups is 1. The zero-order valence-electron chi connectivity index (χ0n) is 12.6.